The van der Waals surface area contributed by atoms with Crippen molar-refractivity contribution < 1.29 is 22.7 Å². The SMILES string of the molecule is COc1cccc(N2C(=O)C[C@@H](NCCc3ccc(S(N)(=O)=O)cc3)C2=O)c1. The van der Waals surface area contributed by atoms with Crippen molar-refractivity contribution in [2.24, 2.45) is 5.14 Å². The fourth-order valence-electron chi connectivity index (χ4n) is 3.05. The molecule has 1 aliphatic heterocycles. The van der Waals surface area contributed by atoms with E-state index >= 15 is 0 Å². The number of nitrogens with zero attached hydrogens (tertiary/aromatic N) is 1. The van der Waals surface area contributed by atoms with E-state index in [1.165, 1.54) is 24.1 Å². The first kappa shape index (κ1) is 20.0. The zero-order chi connectivity index (χ0) is 20.3. The summed E-state index contributed by atoms with van der Waals surface area (Å²) in [5, 5.41) is 8.17. The zero-order valence-corrected chi connectivity index (χ0v) is 16.1. The monoisotopic (exact) mass is 403 g/mol. The number of imide groups is 1. The zero-order valence-electron chi connectivity index (χ0n) is 15.3. The number of methoxy groups -OCH3 is 1. The Hall–Kier alpha value is -2.75. The van der Waals surface area contributed by atoms with E-state index < -0.39 is 16.1 Å². The third-order valence-electron chi connectivity index (χ3n) is 4.51. The number of hydrogen-bond acceptors (Lipinski definition) is 6. The van der Waals surface area contributed by atoms with Gasteiger partial charge in [-0.3, -0.25) is 9.59 Å². The summed E-state index contributed by atoms with van der Waals surface area (Å²) in [5.41, 5.74) is 1.37. The van der Waals surface area contributed by atoms with E-state index in [1.807, 2.05) is 0 Å². The summed E-state index contributed by atoms with van der Waals surface area (Å²) in [7, 11) is -2.20. The summed E-state index contributed by atoms with van der Waals surface area (Å²) >= 11 is 0. The van der Waals surface area contributed by atoms with Crippen LogP contribution in [0.15, 0.2) is 53.4 Å². The van der Waals surface area contributed by atoms with E-state index in [9.17, 15) is 18.0 Å². The van der Waals surface area contributed by atoms with Crippen molar-refractivity contribution in [2.45, 2.75) is 23.8 Å². The molecular formula is C19H21N3O5S. The highest BCUT2D eigenvalue weighted by Gasteiger charge is 2.39. The average Bonchev–Trinajstić information content (AvgIpc) is 2.95. The van der Waals surface area contributed by atoms with Crippen LogP contribution in [0.1, 0.15) is 12.0 Å². The van der Waals surface area contributed by atoms with Gasteiger partial charge in [0.25, 0.3) is 5.91 Å². The van der Waals surface area contributed by atoms with Gasteiger partial charge in [0.05, 0.1) is 30.2 Å². The minimum absolute atomic E-state index is 0.0507. The van der Waals surface area contributed by atoms with Crippen LogP contribution in [0.25, 0.3) is 0 Å². The molecule has 1 atom stereocenters. The average molecular weight is 403 g/mol. The van der Waals surface area contributed by atoms with Gasteiger partial charge in [0.15, 0.2) is 0 Å². The van der Waals surface area contributed by atoms with Crippen molar-refractivity contribution >= 4 is 27.5 Å². The first-order chi connectivity index (χ1) is 13.3. The summed E-state index contributed by atoms with van der Waals surface area (Å²) in [6.07, 6.45) is 0.655. The van der Waals surface area contributed by atoms with E-state index in [-0.39, 0.29) is 23.1 Å². The largest absolute Gasteiger partial charge is 0.497 e. The molecule has 0 aromatic heterocycles. The fraction of sp³-hybridized carbons (Fsp3) is 0.263. The second-order valence-corrected chi connectivity index (χ2v) is 7.98. The van der Waals surface area contributed by atoms with E-state index in [0.717, 1.165) is 5.56 Å². The number of rotatable bonds is 7. The Bertz CT molecular complexity index is 989. The lowest BCUT2D eigenvalue weighted by molar-refractivity contribution is -0.121. The number of amides is 2. The van der Waals surface area contributed by atoms with Crippen molar-refractivity contribution in [3.8, 4) is 5.75 Å². The van der Waals surface area contributed by atoms with Crippen LogP contribution < -0.4 is 20.1 Å². The van der Waals surface area contributed by atoms with Crippen LogP contribution in [-0.2, 0) is 26.0 Å². The number of primary sulfonamides is 1. The number of carbonyl (C=O) groups excluding carboxylic acids is 2. The molecule has 2 aromatic rings. The molecule has 3 rings (SSSR count). The van der Waals surface area contributed by atoms with Gasteiger partial charge in [0.2, 0.25) is 15.9 Å². The van der Waals surface area contributed by atoms with Crippen LogP contribution in [-0.4, -0.2) is 39.9 Å². The molecule has 0 bridgehead atoms. The highest BCUT2D eigenvalue weighted by Crippen LogP contribution is 2.26. The Labute approximate surface area is 163 Å². The molecule has 1 aliphatic rings. The molecular weight excluding hydrogens is 382 g/mol. The van der Waals surface area contributed by atoms with Crippen molar-refractivity contribution in [3.63, 3.8) is 0 Å². The number of benzene rings is 2. The van der Waals surface area contributed by atoms with E-state index in [1.54, 1.807) is 36.4 Å². The number of nitrogens with two attached hydrogens (primary N) is 1. The molecule has 8 nitrogen and oxygen atoms in total. The Morgan fingerprint density at radius 1 is 1.18 bits per heavy atom. The topological polar surface area (TPSA) is 119 Å². The Kier molecular flexibility index (Phi) is 5.78. The quantitative estimate of drug-likeness (QED) is 0.661. The lowest BCUT2D eigenvalue weighted by Gasteiger charge is -2.16. The summed E-state index contributed by atoms with van der Waals surface area (Å²) < 4.78 is 27.7. The molecule has 148 valence electrons. The van der Waals surface area contributed by atoms with Crippen molar-refractivity contribution in [1.29, 1.82) is 0 Å². The van der Waals surface area contributed by atoms with Crippen molar-refractivity contribution in [1.82, 2.24) is 5.32 Å². The molecule has 9 heteroatoms. The van der Waals surface area contributed by atoms with Gasteiger partial charge in [0, 0.05) is 6.07 Å². The van der Waals surface area contributed by atoms with E-state index in [4.69, 9.17) is 9.88 Å². The van der Waals surface area contributed by atoms with Gasteiger partial charge < -0.3 is 10.1 Å². The van der Waals surface area contributed by atoms with Crippen LogP contribution in [0, 0.1) is 0 Å². The molecule has 0 unspecified atom stereocenters. The summed E-state index contributed by atoms with van der Waals surface area (Å²) in [5.74, 6) is -0.00599. The normalized spacial score (nSPS) is 17.2. The van der Waals surface area contributed by atoms with Crippen LogP contribution in [0.4, 0.5) is 5.69 Å². The molecule has 1 saturated heterocycles. The highest BCUT2D eigenvalue weighted by atomic mass is 32.2. The van der Waals surface area contributed by atoms with Gasteiger partial charge in [-0.25, -0.2) is 18.5 Å². The fourth-order valence-corrected chi connectivity index (χ4v) is 3.56. The summed E-state index contributed by atoms with van der Waals surface area (Å²) in [6.45, 7) is 0.463. The Morgan fingerprint density at radius 3 is 2.54 bits per heavy atom. The van der Waals surface area contributed by atoms with E-state index in [0.29, 0.717) is 24.4 Å². The summed E-state index contributed by atoms with van der Waals surface area (Å²) in [4.78, 5) is 26.2. The molecule has 0 saturated carbocycles. The van der Waals surface area contributed by atoms with Crippen LogP contribution in [0.5, 0.6) is 5.75 Å². The number of hydrogen-bond donors (Lipinski definition) is 2. The minimum Gasteiger partial charge on any atom is -0.497 e. The number of anilines is 1. The molecule has 28 heavy (non-hydrogen) atoms. The predicted molar refractivity (Wildman–Crippen MR) is 103 cm³/mol. The van der Waals surface area contributed by atoms with Crippen LogP contribution in [0.3, 0.4) is 0 Å². The first-order valence-electron chi connectivity index (χ1n) is 8.65. The molecule has 0 spiro atoms. The van der Waals surface area contributed by atoms with Crippen LogP contribution >= 0.6 is 0 Å². The van der Waals surface area contributed by atoms with Crippen molar-refractivity contribution in [2.75, 3.05) is 18.6 Å². The van der Waals surface area contributed by atoms with Gasteiger partial charge in [-0.05, 0) is 42.8 Å². The number of sulfonamides is 1. The Balaban J connectivity index is 1.60. The second kappa shape index (κ2) is 8.09. The van der Waals surface area contributed by atoms with Gasteiger partial charge in [-0.15, -0.1) is 0 Å². The predicted octanol–water partition coefficient (Wildman–Crippen LogP) is 0.807. The number of nitrogens with one attached hydrogen (secondary N) is 1. The maximum absolute atomic E-state index is 12.6. The third kappa shape index (κ3) is 4.38. The molecule has 1 heterocycles. The molecule has 2 aromatic carbocycles. The standard InChI is InChI=1S/C19H21N3O5S/c1-27-15-4-2-3-14(11-15)22-18(23)12-17(19(22)24)21-10-9-13-5-7-16(8-6-13)28(20,25)26/h2-8,11,17,21H,9-10,12H2,1H3,(H2,20,25,26)/t17-/m1/s1. The molecule has 0 radical (unpaired) electrons. The Morgan fingerprint density at radius 2 is 1.89 bits per heavy atom. The maximum atomic E-state index is 12.6. The minimum atomic E-state index is -3.72. The smallest absolute Gasteiger partial charge is 0.251 e. The van der Waals surface area contributed by atoms with Gasteiger partial charge in [-0.2, -0.15) is 0 Å². The molecule has 3 N–H and O–H groups in total. The molecule has 2 amide bonds. The third-order valence-corrected chi connectivity index (χ3v) is 5.44. The highest BCUT2D eigenvalue weighted by molar-refractivity contribution is 7.89. The van der Waals surface area contributed by atoms with Crippen LogP contribution in [0.2, 0.25) is 0 Å². The maximum Gasteiger partial charge on any atom is 0.251 e. The van der Waals surface area contributed by atoms with Crippen molar-refractivity contribution in [3.05, 3.63) is 54.1 Å². The molecule has 1 fully saturated rings. The number of ether oxygens (including phenoxy) is 1. The lowest BCUT2D eigenvalue weighted by Crippen LogP contribution is -2.39. The second-order valence-electron chi connectivity index (χ2n) is 6.42. The van der Waals surface area contributed by atoms with Gasteiger partial charge >= 0.3 is 0 Å². The lowest BCUT2D eigenvalue weighted by atomic mass is 10.1. The van der Waals surface area contributed by atoms with E-state index in [2.05, 4.69) is 5.32 Å². The number of carbonyl (C=O) groups is 2. The summed E-state index contributed by atoms with van der Waals surface area (Å²) in [6, 6.07) is 12.4. The molecule has 0 aliphatic carbocycles. The first-order valence-corrected chi connectivity index (χ1v) is 10.2. The van der Waals surface area contributed by atoms with Gasteiger partial charge in [-0.1, -0.05) is 18.2 Å². The van der Waals surface area contributed by atoms with Gasteiger partial charge in [0.1, 0.15) is 5.75 Å².